The van der Waals surface area contributed by atoms with Crippen LogP contribution < -0.4 is 5.73 Å². The van der Waals surface area contributed by atoms with Crippen molar-refractivity contribution in [1.29, 1.82) is 0 Å². The van der Waals surface area contributed by atoms with Crippen LogP contribution in [0.5, 0.6) is 0 Å². The molecule has 74 valence electrons. The van der Waals surface area contributed by atoms with Gasteiger partial charge in [0.05, 0.1) is 12.7 Å². The summed E-state index contributed by atoms with van der Waals surface area (Å²) in [5, 5.41) is 29.5. The Morgan fingerprint density at radius 2 is 2.15 bits per heavy atom. The van der Waals surface area contributed by atoms with Gasteiger partial charge in [0.2, 0.25) is 0 Å². The highest BCUT2D eigenvalue weighted by Gasteiger charge is 2.20. The predicted molar refractivity (Wildman–Crippen MR) is 50.3 cm³/mol. The van der Waals surface area contributed by atoms with E-state index in [4.69, 9.17) is 10.8 Å². The molecule has 0 aliphatic heterocycles. The highest BCUT2D eigenvalue weighted by molar-refractivity contribution is 7.10. The SMILES string of the molecule is NCC(O)C(O)c1ccsc1CO. The number of hydrogen-bond acceptors (Lipinski definition) is 5. The Morgan fingerprint density at radius 3 is 2.69 bits per heavy atom. The van der Waals surface area contributed by atoms with E-state index in [1.807, 2.05) is 0 Å². The fraction of sp³-hybridized carbons (Fsp3) is 0.500. The van der Waals surface area contributed by atoms with Crippen LogP contribution in [-0.4, -0.2) is 28.0 Å². The fourth-order valence-electron chi connectivity index (χ4n) is 1.08. The first-order valence-corrected chi connectivity index (χ1v) is 4.82. The van der Waals surface area contributed by atoms with E-state index in [0.29, 0.717) is 10.4 Å². The molecule has 0 spiro atoms. The first kappa shape index (κ1) is 10.6. The molecule has 0 bridgehead atoms. The summed E-state index contributed by atoms with van der Waals surface area (Å²) in [5.74, 6) is 0. The summed E-state index contributed by atoms with van der Waals surface area (Å²) in [6.45, 7) is -0.122. The minimum atomic E-state index is -1.00. The van der Waals surface area contributed by atoms with Crippen LogP contribution in [0.3, 0.4) is 0 Å². The average Bonchev–Trinajstić information content (AvgIpc) is 2.62. The standard InChI is InChI=1S/C8H13NO3S/c9-3-6(11)8(12)5-1-2-13-7(5)4-10/h1-2,6,8,10-12H,3-4,9H2. The molecule has 0 aliphatic carbocycles. The lowest BCUT2D eigenvalue weighted by Gasteiger charge is -2.15. The third kappa shape index (κ3) is 2.26. The highest BCUT2D eigenvalue weighted by atomic mass is 32.1. The maximum Gasteiger partial charge on any atom is 0.107 e. The van der Waals surface area contributed by atoms with Gasteiger partial charge in [0.15, 0.2) is 0 Å². The molecule has 0 aliphatic rings. The van der Waals surface area contributed by atoms with Crippen LogP contribution in [0.2, 0.25) is 0 Å². The van der Waals surface area contributed by atoms with Gasteiger partial charge in [-0.25, -0.2) is 0 Å². The van der Waals surface area contributed by atoms with E-state index in [-0.39, 0.29) is 13.2 Å². The topological polar surface area (TPSA) is 86.7 Å². The van der Waals surface area contributed by atoms with E-state index < -0.39 is 12.2 Å². The van der Waals surface area contributed by atoms with Crippen molar-refractivity contribution < 1.29 is 15.3 Å². The Morgan fingerprint density at radius 1 is 1.46 bits per heavy atom. The summed E-state index contributed by atoms with van der Waals surface area (Å²) in [7, 11) is 0. The van der Waals surface area contributed by atoms with Crippen LogP contribution >= 0.6 is 11.3 Å². The van der Waals surface area contributed by atoms with Gasteiger partial charge in [-0.3, -0.25) is 0 Å². The van der Waals surface area contributed by atoms with Crippen molar-refractivity contribution in [2.24, 2.45) is 5.73 Å². The van der Waals surface area contributed by atoms with Gasteiger partial charge in [-0.1, -0.05) is 0 Å². The molecule has 5 N–H and O–H groups in total. The van der Waals surface area contributed by atoms with Crippen LogP contribution in [0.1, 0.15) is 16.5 Å². The van der Waals surface area contributed by atoms with Crippen molar-refractivity contribution in [3.63, 3.8) is 0 Å². The first-order chi connectivity index (χ1) is 6.20. The summed E-state index contributed by atoms with van der Waals surface area (Å²) >= 11 is 1.34. The molecule has 2 unspecified atom stereocenters. The summed E-state index contributed by atoms with van der Waals surface area (Å²) in [6.07, 6.45) is -1.97. The van der Waals surface area contributed by atoms with Gasteiger partial charge < -0.3 is 21.1 Å². The molecule has 1 heterocycles. The van der Waals surface area contributed by atoms with Crippen molar-refractivity contribution in [2.75, 3.05) is 6.54 Å². The zero-order valence-corrected chi connectivity index (χ0v) is 7.87. The maximum atomic E-state index is 9.56. The van der Waals surface area contributed by atoms with Gasteiger partial charge in [-0.05, 0) is 17.0 Å². The van der Waals surface area contributed by atoms with Crippen LogP contribution in [0.4, 0.5) is 0 Å². The molecular formula is C8H13NO3S. The average molecular weight is 203 g/mol. The fourth-order valence-corrected chi connectivity index (χ4v) is 1.86. The molecule has 0 saturated heterocycles. The molecule has 0 radical (unpaired) electrons. The number of rotatable bonds is 4. The number of hydrogen-bond donors (Lipinski definition) is 4. The van der Waals surface area contributed by atoms with Crippen LogP contribution in [-0.2, 0) is 6.61 Å². The minimum absolute atomic E-state index is 0.00187. The molecule has 0 aromatic carbocycles. The Kier molecular flexibility index (Phi) is 3.83. The van der Waals surface area contributed by atoms with E-state index in [0.717, 1.165) is 0 Å². The lowest BCUT2D eigenvalue weighted by atomic mass is 10.1. The molecule has 1 aromatic rings. The largest absolute Gasteiger partial charge is 0.391 e. The molecule has 0 saturated carbocycles. The van der Waals surface area contributed by atoms with Gasteiger partial charge in [0.1, 0.15) is 6.10 Å². The third-order valence-corrected chi connectivity index (χ3v) is 2.77. The van der Waals surface area contributed by atoms with Crippen molar-refractivity contribution in [3.05, 3.63) is 21.9 Å². The monoisotopic (exact) mass is 203 g/mol. The molecule has 13 heavy (non-hydrogen) atoms. The summed E-state index contributed by atoms with van der Waals surface area (Å²) < 4.78 is 0. The van der Waals surface area contributed by atoms with Gasteiger partial charge in [0.25, 0.3) is 0 Å². The highest BCUT2D eigenvalue weighted by Crippen LogP contribution is 2.25. The van der Waals surface area contributed by atoms with E-state index >= 15 is 0 Å². The zero-order valence-electron chi connectivity index (χ0n) is 7.05. The van der Waals surface area contributed by atoms with E-state index in [2.05, 4.69) is 0 Å². The van der Waals surface area contributed by atoms with Crippen molar-refractivity contribution in [1.82, 2.24) is 0 Å². The summed E-state index contributed by atoms with van der Waals surface area (Å²) in [4.78, 5) is 0.667. The Bertz CT molecular complexity index is 264. The van der Waals surface area contributed by atoms with E-state index in [1.165, 1.54) is 11.3 Å². The Balaban J connectivity index is 2.81. The van der Waals surface area contributed by atoms with Gasteiger partial charge >= 0.3 is 0 Å². The molecule has 5 heteroatoms. The lowest BCUT2D eigenvalue weighted by molar-refractivity contribution is 0.0235. The molecule has 1 rings (SSSR count). The van der Waals surface area contributed by atoms with Crippen molar-refractivity contribution in [3.8, 4) is 0 Å². The predicted octanol–water partition coefficient (Wildman–Crippen LogP) is -0.407. The molecule has 2 atom stereocenters. The molecule has 0 fully saturated rings. The second-order valence-corrected chi connectivity index (χ2v) is 3.71. The number of aliphatic hydroxyl groups excluding tert-OH is 3. The Hall–Kier alpha value is -0.460. The Labute approximate surface area is 80.3 Å². The first-order valence-electron chi connectivity index (χ1n) is 3.94. The maximum absolute atomic E-state index is 9.56. The van der Waals surface area contributed by atoms with Crippen molar-refractivity contribution in [2.45, 2.75) is 18.8 Å². The number of nitrogens with two attached hydrogens (primary N) is 1. The van der Waals surface area contributed by atoms with Crippen LogP contribution in [0, 0.1) is 0 Å². The van der Waals surface area contributed by atoms with E-state index in [9.17, 15) is 10.2 Å². The van der Waals surface area contributed by atoms with Gasteiger partial charge in [-0.2, -0.15) is 0 Å². The quantitative estimate of drug-likeness (QED) is 0.536. The normalized spacial score (nSPS) is 15.7. The third-order valence-electron chi connectivity index (χ3n) is 1.85. The van der Waals surface area contributed by atoms with E-state index in [1.54, 1.807) is 11.4 Å². The molecule has 1 aromatic heterocycles. The second-order valence-electron chi connectivity index (χ2n) is 2.71. The van der Waals surface area contributed by atoms with Crippen LogP contribution in [0.15, 0.2) is 11.4 Å². The molecule has 4 nitrogen and oxygen atoms in total. The second kappa shape index (κ2) is 4.69. The molecule has 0 amide bonds. The summed E-state index contributed by atoms with van der Waals surface area (Å²) in [6, 6.07) is 1.68. The lowest BCUT2D eigenvalue weighted by Crippen LogP contribution is -2.27. The number of thiophene rings is 1. The van der Waals surface area contributed by atoms with Gasteiger partial charge in [0, 0.05) is 11.4 Å². The minimum Gasteiger partial charge on any atom is -0.391 e. The smallest absolute Gasteiger partial charge is 0.107 e. The summed E-state index contributed by atoms with van der Waals surface area (Å²) in [5.41, 5.74) is 5.76. The number of aliphatic hydroxyl groups is 3. The zero-order chi connectivity index (χ0) is 9.84. The molecular weight excluding hydrogens is 190 g/mol. The van der Waals surface area contributed by atoms with Crippen LogP contribution in [0.25, 0.3) is 0 Å². The van der Waals surface area contributed by atoms with Gasteiger partial charge in [-0.15, -0.1) is 11.3 Å². The van der Waals surface area contributed by atoms with Crippen molar-refractivity contribution >= 4 is 11.3 Å².